The van der Waals surface area contributed by atoms with Gasteiger partial charge in [0.05, 0.1) is 5.56 Å². The number of hydrogen-bond acceptors (Lipinski definition) is 4. The van der Waals surface area contributed by atoms with Gasteiger partial charge in [-0.25, -0.2) is 4.79 Å². The molecule has 1 rings (SSSR count). The fourth-order valence-corrected chi connectivity index (χ4v) is 1.68. The van der Waals surface area contributed by atoms with Gasteiger partial charge in [0.25, 0.3) is 10.1 Å². The second-order valence-electron chi connectivity index (χ2n) is 2.90. The lowest BCUT2D eigenvalue weighted by atomic mass is 10.2. The summed E-state index contributed by atoms with van der Waals surface area (Å²) in [6.07, 6.45) is 0. The quantitative estimate of drug-likeness (QED) is 0.673. The number of rotatable bonds is 4. The van der Waals surface area contributed by atoms with Crippen molar-refractivity contribution in [1.29, 1.82) is 0 Å². The number of ether oxygens (including phenoxy) is 1. The molecule has 0 bridgehead atoms. The zero-order valence-electron chi connectivity index (χ0n) is 8.09. The highest BCUT2D eigenvalue weighted by atomic mass is 79.9. The Morgan fingerprint density at radius 1 is 1.38 bits per heavy atom. The molecule has 0 fully saturated rings. The van der Waals surface area contributed by atoms with Gasteiger partial charge < -0.3 is 4.74 Å². The van der Waals surface area contributed by atoms with Crippen LogP contribution in [-0.2, 0) is 14.9 Å². The maximum absolute atomic E-state index is 11.4. The molecular weight excluding hydrogens is 300 g/mol. The van der Waals surface area contributed by atoms with Crippen LogP contribution in [0.3, 0.4) is 0 Å². The molecule has 0 aliphatic rings. The van der Waals surface area contributed by atoms with E-state index in [1.54, 1.807) is 24.3 Å². The predicted octanol–water partition coefficient (Wildman–Crippen LogP) is 1.49. The Morgan fingerprint density at radius 2 is 2.00 bits per heavy atom. The summed E-state index contributed by atoms with van der Waals surface area (Å²) in [7, 11) is -4.10. The fraction of sp³-hybridized carbons (Fsp3) is 0.222. The molecule has 1 aromatic rings. The molecular formula is C9H9BrO5S. The number of carbonyl (C=O) groups excluding carboxylic acids is 1. The van der Waals surface area contributed by atoms with E-state index in [1.165, 1.54) is 0 Å². The summed E-state index contributed by atoms with van der Waals surface area (Å²) in [5.41, 5.74) is 0.304. The van der Waals surface area contributed by atoms with Crippen molar-refractivity contribution in [2.75, 3.05) is 12.4 Å². The van der Waals surface area contributed by atoms with Gasteiger partial charge in [-0.3, -0.25) is 4.55 Å². The van der Waals surface area contributed by atoms with E-state index in [-0.39, 0.29) is 6.61 Å². The van der Waals surface area contributed by atoms with Gasteiger partial charge in [-0.15, -0.1) is 0 Å². The lowest BCUT2D eigenvalue weighted by Crippen LogP contribution is -2.14. The van der Waals surface area contributed by atoms with E-state index in [1.807, 2.05) is 0 Å². The van der Waals surface area contributed by atoms with Crippen molar-refractivity contribution in [1.82, 2.24) is 0 Å². The zero-order chi connectivity index (χ0) is 12.2. The summed E-state index contributed by atoms with van der Waals surface area (Å²) in [5.74, 6) is -1.25. The lowest BCUT2D eigenvalue weighted by Gasteiger charge is -2.04. The maximum Gasteiger partial charge on any atom is 0.339 e. The Hall–Kier alpha value is -0.920. The summed E-state index contributed by atoms with van der Waals surface area (Å²) in [5, 5.41) is 0. The number of esters is 1. The van der Waals surface area contributed by atoms with Crippen LogP contribution in [0.15, 0.2) is 28.7 Å². The molecule has 0 atom stereocenters. The van der Waals surface area contributed by atoms with E-state index < -0.39 is 21.8 Å². The average molecular weight is 309 g/mol. The molecule has 0 aromatic heterocycles. The van der Waals surface area contributed by atoms with Crippen LogP contribution in [0.1, 0.15) is 10.4 Å². The second-order valence-corrected chi connectivity index (χ2v) is 5.33. The summed E-state index contributed by atoms with van der Waals surface area (Å²) in [6.45, 7) is -0.376. The SMILES string of the molecule is O=C(OCCS(=O)(=O)O)c1ccccc1Br. The van der Waals surface area contributed by atoms with Crippen LogP contribution in [0.4, 0.5) is 0 Å². The van der Waals surface area contributed by atoms with E-state index >= 15 is 0 Å². The maximum atomic E-state index is 11.4. The molecule has 0 saturated heterocycles. The molecule has 5 nitrogen and oxygen atoms in total. The molecule has 0 aliphatic heterocycles. The van der Waals surface area contributed by atoms with Crippen molar-refractivity contribution in [2.45, 2.75) is 0 Å². The smallest absolute Gasteiger partial charge is 0.339 e. The van der Waals surface area contributed by atoms with Crippen LogP contribution in [0.25, 0.3) is 0 Å². The summed E-state index contributed by atoms with van der Waals surface area (Å²) >= 11 is 3.16. The third-order valence-corrected chi connectivity index (χ3v) is 3.04. The second kappa shape index (κ2) is 5.42. The molecule has 0 unspecified atom stereocenters. The predicted molar refractivity (Wildman–Crippen MR) is 60.8 cm³/mol. The summed E-state index contributed by atoms with van der Waals surface area (Å²) in [6, 6.07) is 6.60. The normalized spacial score (nSPS) is 11.1. The molecule has 0 heterocycles. The van der Waals surface area contributed by atoms with Gasteiger partial charge in [-0.2, -0.15) is 8.42 Å². The highest BCUT2D eigenvalue weighted by Gasteiger charge is 2.12. The van der Waals surface area contributed by atoms with Crippen molar-refractivity contribution in [2.24, 2.45) is 0 Å². The van der Waals surface area contributed by atoms with E-state index in [0.29, 0.717) is 10.0 Å². The first-order chi connectivity index (χ1) is 7.40. The first kappa shape index (κ1) is 13.1. The van der Waals surface area contributed by atoms with Crippen LogP contribution in [0.5, 0.6) is 0 Å². The van der Waals surface area contributed by atoms with Gasteiger partial charge in [0.15, 0.2) is 0 Å². The number of carbonyl (C=O) groups is 1. The summed E-state index contributed by atoms with van der Waals surface area (Å²) < 4.78 is 34.4. The van der Waals surface area contributed by atoms with E-state index in [0.717, 1.165) is 0 Å². The minimum atomic E-state index is -4.10. The Balaban J connectivity index is 2.57. The van der Waals surface area contributed by atoms with Crippen LogP contribution in [0.2, 0.25) is 0 Å². The van der Waals surface area contributed by atoms with Gasteiger partial charge in [0.2, 0.25) is 0 Å². The van der Waals surface area contributed by atoms with Gasteiger partial charge in [-0.1, -0.05) is 12.1 Å². The third kappa shape index (κ3) is 4.30. The van der Waals surface area contributed by atoms with Gasteiger partial charge in [0.1, 0.15) is 12.4 Å². The van der Waals surface area contributed by atoms with Crippen molar-refractivity contribution in [3.63, 3.8) is 0 Å². The zero-order valence-corrected chi connectivity index (χ0v) is 10.5. The molecule has 16 heavy (non-hydrogen) atoms. The third-order valence-electron chi connectivity index (χ3n) is 1.67. The van der Waals surface area contributed by atoms with Crippen LogP contribution >= 0.6 is 15.9 Å². The molecule has 0 saturated carbocycles. The van der Waals surface area contributed by atoms with E-state index in [2.05, 4.69) is 20.7 Å². The van der Waals surface area contributed by atoms with E-state index in [4.69, 9.17) is 4.55 Å². The first-order valence-electron chi connectivity index (χ1n) is 4.27. The van der Waals surface area contributed by atoms with Crippen molar-refractivity contribution in [3.8, 4) is 0 Å². The molecule has 0 spiro atoms. The minimum absolute atomic E-state index is 0.304. The lowest BCUT2D eigenvalue weighted by molar-refractivity contribution is 0.0527. The van der Waals surface area contributed by atoms with Crippen LogP contribution < -0.4 is 0 Å². The summed E-state index contributed by atoms with van der Waals surface area (Å²) in [4.78, 5) is 11.4. The highest BCUT2D eigenvalue weighted by molar-refractivity contribution is 9.10. The standard InChI is InChI=1S/C9H9BrO5S/c10-8-4-2-1-3-7(8)9(11)15-5-6-16(12,13)14/h1-4H,5-6H2,(H,12,13,14). The Kier molecular flexibility index (Phi) is 4.45. The molecule has 1 aromatic carbocycles. The number of hydrogen-bond donors (Lipinski definition) is 1. The Bertz CT molecular complexity index is 482. The molecule has 0 amide bonds. The van der Waals surface area contributed by atoms with Crippen LogP contribution in [-0.4, -0.2) is 31.3 Å². The molecule has 1 N–H and O–H groups in total. The Morgan fingerprint density at radius 3 is 2.56 bits per heavy atom. The van der Waals surface area contributed by atoms with Gasteiger partial charge in [0, 0.05) is 4.47 Å². The first-order valence-corrected chi connectivity index (χ1v) is 6.67. The van der Waals surface area contributed by atoms with Crippen molar-refractivity contribution in [3.05, 3.63) is 34.3 Å². The van der Waals surface area contributed by atoms with E-state index in [9.17, 15) is 13.2 Å². The number of halogens is 1. The monoisotopic (exact) mass is 308 g/mol. The molecule has 7 heteroatoms. The molecule has 0 radical (unpaired) electrons. The van der Waals surface area contributed by atoms with Crippen LogP contribution in [0, 0.1) is 0 Å². The molecule has 0 aliphatic carbocycles. The van der Waals surface area contributed by atoms with Crippen molar-refractivity contribution >= 4 is 32.0 Å². The average Bonchev–Trinajstić information content (AvgIpc) is 2.16. The fourth-order valence-electron chi connectivity index (χ4n) is 0.944. The Labute approximate surface area is 101 Å². The largest absolute Gasteiger partial charge is 0.461 e. The molecule has 88 valence electrons. The topological polar surface area (TPSA) is 80.7 Å². The highest BCUT2D eigenvalue weighted by Crippen LogP contribution is 2.16. The number of benzene rings is 1. The van der Waals surface area contributed by atoms with Crippen molar-refractivity contribution < 1.29 is 22.5 Å². The minimum Gasteiger partial charge on any atom is -0.461 e. The van der Waals surface area contributed by atoms with Gasteiger partial charge >= 0.3 is 5.97 Å². The van der Waals surface area contributed by atoms with Gasteiger partial charge in [-0.05, 0) is 28.1 Å².